The molecule has 154 valence electrons. The molecular formula is C20H25N5O4. The number of aliphatic hydroxyl groups excluding tert-OH is 1. The quantitative estimate of drug-likeness (QED) is 0.500. The van der Waals surface area contributed by atoms with Gasteiger partial charge in [-0.15, -0.1) is 0 Å². The van der Waals surface area contributed by atoms with Gasteiger partial charge in [0.05, 0.1) is 26.0 Å². The third-order valence-corrected chi connectivity index (χ3v) is 4.24. The van der Waals surface area contributed by atoms with E-state index in [1.54, 1.807) is 7.11 Å². The van der Waals surface area contributed by atoms with Crippen LogP contribution in [0.1, 0.15) is 25.8 Å². The number of fused-ring (bicyclic) bond motifs is 1. The number of benzene rings is 1. The number of hydrogen-bond donors (Lipinski definition) is 3. The second-order valence-electron chi connectivity index (χ2n) is 7.09. The number of anilines is 1. The summed E-state index contributed by atoms with van der Waals surface area (Å²) in [7, 11) is 1.60. The van der Waals surface area contributed by atoms with Crippen molar-refractivity contribution in [3.05, 3.63) is 46.4 Å². The molecule has 3 aromatic rings. The topological polar surface area (TPSA) is 122 Å². The number of rotatable bonds is 9. The van der Waals surface area contributed by atoms with Crippen LogP contribution in [0.15, 0.2) is 35.3 Å². The van der Waals surface area contributed by atoms with Gasteiger partial charge in [-0.1, -0.05) is 26.0 Å². The second-order valence-corrected chi connectivity index (χ2v) is 7.09. The third kappa shape index (κ3) is 5.41. The molecule has 1 atom stereocenters. The molecule has 9 heteroatoms. The second kappa shape index (κ2) is 9.33. The van der Waals surface area contributed by atoms with Gasteiger partial charge in [-0.2, -0.15) is 9.97 Å². The van der Waals surface area contributed by atoms with E-state index in [9.17, 15) is 9.90 Å². The summed E-state index contributed by atoms with van der Waals surface area (Å²) in [6.45, 7) is 4.30. The fraction of sp³-hybridized carbons (Fsp3) is 0.400. The Balaban J connectivity index is 1.89. The minimum absolute atomic E-state index is 0.0625. The van der Waals surface area contributed by atoms with Crippen LogP contribution in [0.2, 0.25) is 0 Å². The summed E-state index contributed by atoms with van der Waals surface area (Å²) >= 11 is 0. The molecule has 0 fully saturated rings. The van der Waals surface area contributed by atoms with E-state index in [4.69, 9.17) is 9.47 Å². The molecule has 0 bridgehead atoms. The summed E-state index contributed by atoms with van der Waals surface area (Å²) in [6.07, 6.45) is 1.91. The first-order chi connectivity index (χ1) is 14.0. The fourth-order valence-corrected chi connectivity index (χ4v) is 2.93. The van der Waals surface area contributed by atoms with Crippen molar-refractivity contribution < 1.29 is 14.6 Å². The number of aromatic nitrogens is 4. The van der Waals surface area contributed by atoms with Crippen molar-refractivity contribution in [2.75, 3.05) is 19.0 Å². The zero-order valence-corrected chi connectivity index (χ0v) is 16.7. The van der Waals surface area contributed by atoms with Crippen LogP contribution < -0.4 is 20.3 Å². The molecule has 9 nitrogen and oxygen atoms in total. The Bertz CT molecular complexity index is 1020. The third-order valence-electron chi connectivity index (χ3n) is 4.24. The van der Waals surface area contributed by atoms with Gasteiger partial charge in [0.25, 0.3) is 5.56 Å². The van der Waals surface area contributed by atoms with Crippen molar-refractivity contribution in [3.8, 4) is 11.8 Å². The molecule has 0 saturated heterocycles. The van der Waals surface area contributed by atoms with Gasteiger partial charge in [-0.25, -0.2) is 4.98 Å². The lowest BCUT2D eigenvalue weighted by Gasteiger charge is -2.19. The maximum atomic E-state index is 11.7. The lowest BCUT2D eigenvalue weighted by Crippen LogP contribution is -2.26. The van der Waals surface area contributed by atoms with Gasteiger partial charge in [0.15, 0.2) is 11.5 Å². The van der Waals surface area contributed by atoms with E-state index in [-0.39, 0.29) is 36.5 Å². The number of nitrogens with one attached hydrogen (secondary N) is 2. The Morgan fingerprint density at radius 3 is 2.83 bits per heavy atom. The molecule has 3 N–H and O–H groups in total. The lowest BCUT2D eigenvalue weighted by molar-refractivity contribution is 0.258. The van der Waals surface area contributed by atoms with E-state index in [1.807, 2.05) is 24.3 Å². The Kier molecular flexibility index (Phi) is 6.61. The first-order valence-electron chi connectivity index (χ1n) is 9.38. The van der Waals surface area contributed by atoms with Crippen molar-refractivity contribution in [1.29, 1.82) is 0 Å². The van der Waals surface area contributed by atoms with Crippen LogP contribution in [0.25, 0.3) is 11.2 Å². The average Bonchev–Trinajstić information content (AvgIpc) is 2.71. The minimum atomic E-state index is -0.373. The summed E-state index contributed by atoms with van der Waals surface area (Å²) < 4.78 is 11.0. The lowest BCUT2D eigenvalue weighted by atomic mass is 10.0. The predicted molar refractivity (Wildman–Crippen MR) is 109 cm³/mol. The van der Waals surface area contributed by atoms with Crippen molar-refractivity contribution >= 4 is 17.0 Å². The normalized spacial score (nSPS) is 12.2. The highest BCUT2D eigenvalue weighted by Crippen LogP contribution is 2.22. The van der Waals surface area contributed by atoms with Crippen molar-refractivity contribution in [2.45, 2.75) is 32.9 Å². The zero-order valence-electron chi connectivity index (χ0n) is 16.7. The predicted octanol–water partition coefficient (Wildman–Crippen LogP) is 2.12. The summed E-state index contributed by atoms with van der Waals surface area (Å²) in [5.74, 6) is 1.50. The first kappa shape index (κ1) is 20.5. The number of ether oxygens (including phenoxy) is 2. The molecule has 0 aliphatic carbocycles. The van der Waals surface area contributed by atoms with Gasteiger partial charge in [0.2, 0.25) is 0 Å². The van der Waals surface area contributed by atoms with Crippen LogP contribution in [-0.2, 0) is 6.61 Å². The van der Waals surface area contributed by atoms with E-state index in [1.165, 1.54) is 6.20 Å². The Morgan fingerprint density at radius 1 is 1.28 bits per heavy atom. The molecule has 1 aromatic carbocycles. The molecule has 0 radical (unpaired) electrons. The van der Waals surface area contributed by atoms with E-state index in [2.05, 4.69) is 39.1 Å². The van der Waals surface area contributed by atoms with E-state index >= 15 is 0 Å². The van der Waals surface area contributed by atoms with Crippen LogP contribution in [0.4, 0.5) is 5.82 Å². The van der Waals surface area contributed by atoms with Crippen LogP contribution in [0, 0.1) is 5.92 Å². The number of aliphatic hydroxyl groups is 1. The van der Waals surface area contributed by atoms with Gasteiger partial charge in [-0.3, -0.25) is 4.79 Å². The van der Waals surface area contributed by atoms with E-state index in [0.717, 1.165) is 17.7 Å². The molecule has 0 unspecified atom stereocenters. The summed E-state index contributed by atoms with van der Waals surface area (Å²) in [5, 5.41) is 12.9. The molecule has 0 saturated carbocycles. The van der Waals surface area contributed by atoms with Crippen LogP contribution in [0.3, 0.4) is 0 Å². The van der Waals surface area contributed by atoms with Crippen LogP contribution in [-0.4, -0.2) is 44.8 Å². The Labute approximate surface area is 168 Å². The molecule has 29 heavy (non-hydrogen) atoms. The first-order valence-corrected chi connectivity index (χ1v) is 9.38. The summed E-state index contributed by atoms with van der Waals surface area (Å²) in [5.41, 5.74) is 1.18. The number of H-pyrrole nitrogens is 1. The summed E-state index contributed by atoms with van der Waals surface area (Å²) in [6, 6.07) is 7.34. The maximum absolute atomic E-state index is 11.7. The highest BCUT2D eigenvalue weighted by atomic mass is 16.5. The molecule has 2 heterocycles. The van der Waals surface area contributed by atoms with Crippen molar-refractivity contribution in [3.63, 3.8) is 0 Å². The Morgan fingerprint density at radius 2 is 2.10 bits per heavy atom. The highest BCUT2D eigenvalue weighted by molar-refractivity contribution is 5.82. The van der Waals surface area contributed by atoms with Gasteiger partial charge < -0.3 is 24.9 Å². The van der Waals surface area contributed by atoms with E-state index < -0.39 is 0 Å². The molecule has 0 aliphatic heterocycles. The molecular weight excluding hydrogens is 374 g/mol. The largest absolute Gasteiger partial charge is 0.497 e. The van der Waals surface area contributed by atoms with Gasteiger partial charge in [0.1, 0.15) is 17.9 Å². The maximum Gasteiger partial charge on any atom is 0.320 e. The Hall–Kier alpha value is -3.20. The number of nitrogens with zero attached hydrogens (tertiary/aromatic N) is 3. The van der Waals surface area contributed by atoms with Gasteiger partial charge >= 0.3 is 6.01 Å². The average molecular weight is 399 g/mol. The smallest absolute Gasteiger partial charge is 0.320 e. The SMILES string of the molecule is COc1cccc(COc2nc(N[C@@H](CO)CC(C)C)c3ncc(=O)[nH]c3n2)c1. The molecule has 2 aromatic heterocycles. The van der Waals surface area contributed by atoms with Crippen molar-refractivity contribution in [2.24, 2.45) is 5.92 Å². The van der Waals surface area contributed by atoms with Crippen LogP contribution in [0.5, 0.6) is 11.8 Å². The van der Waals surface area contributed by atoms with Crippen molar-refractivity contribution in [1.82, 2.24) is 19.9 Å². The number of aromatic amines is 1. The zero-order chi connectivity index (χ0) is 20.8. The standard InChI is InChI=1S/C20H25N5O4/c1-12(2)7-14(10-26)22-18-17-19(23-16(27)9-21-17)25-20(24-18)29-11-13-5-4-6-15(8-13)28-3/h4-6,8-9,12,14,26H,7,10-11H2,1-3H3,(H2,22,23,24,25,27)/t14-/m1/s1. The highest BCUT2D eigenvalue weighted by Gasteiger charge is 2.16. The monoisotopic (exact) mass is 399 g/mol. The van der Waals surface area contributed by atoms with Crippen LogP contribution >= 0.6 is 0 Å². The molecule has 3 rings (SSSR count). The van der Waals surface area contributed by atoms with Gasteiger partial charge in [0, 0.05) is 0 Å². The number of methoxy groups -OCH3 is 1. The van der Waals surface area contributed by atoms with E-state index in [0.29, 0.717) is 17.3 Å². The fourth-order valence-electron chi connectivity index (χ4n) is 2.93. The molecule has 0 aliphatic rings. The number of hydrogen-bond acceptors (Lipinski definition) is 8. The molecule has 0 amide bonds. The minimum Gasteiger partial charge on any atom is -0.497 e. The molecule has 0 spiro atoms. The summed E-state index contributed by atoms with van der Waals surface area (Å²) in [4.78, 5) is 27.2. The van der Waals surface area contributed by atoms with Gasteiger partial charge in [-0.05, 0) is 30.0 Å².